The van der Waals surface area contributed by atoms with E-state index < -0.39 is 0 Å². The summed E-state index contributed by atoms with van der Waals surface area (Å²) in [4.78, 5) is 19.2. The van der Waals surface area contributed by atoms with Crippen molar-refractivity contribution in [1.29, 1.82) is 0 Å². The predicted octanol–water partition coefficient (Wildman–Crippen LogP) is 3.58. The number of hydrogen-bond acceptors (Lipinski definition) is 4. The van der Waals surface area contributed by atoms with E-state index in [-0.39, 0.29) is 5.56 Å². The number of imidazole rings is 1. The van der Waals surface area contributed by atoms with Crippen molar-refractivity contribution in [1.82, 2.24) is 14.5 Å². The molecule has 0 spiro atoms. The molecule has 0 bridgehead atoms. The Morgan fingerprint density at radius 2 is 2.04 bits per heavy atom. The maximum Gasteiger partial charge on any atom is 0.255 e. The van der Waals surface area contributed by atoms with Gasteiger partial charge in [0, 0.05) is 23.0 Å². The van der Waals surface area contributed by atoms with Crippen LogP contribution < -0.4 is 5.56 Å². The maximum atomic E-state index is 12.1. The molecule has 0 saturated heterocycles. The van der Waals surface area contributed by atoms with Crippen LogP contribution in [-0.4, -0.2) is 25.5 Å². The monoisotopic (exact) mass is 344 g/mol. The van der Waals surface area contributed by atoms with Gasteiger partial charge in [-0.3, -0.25) is 9.36 Å². The summed E-state index contributed by atoms with van der Waals surface area (Å²) in [5.41, 5.74) is 5.33. The fourth-order valence-electron chi connectivity index (χ4n) is 2.97. The van der Waals surface area contributed by atoms with Gasteiger partial charge < -0.3 is 10.2 Å². The fraction of sp³-hybridized carbons (Fsp3) is 0.0500. The van der Waals surface area contributed by atoms with Crippen molar-refractivity contribution in [3.8, 4) is 16.8 Å². The lowest BCUT2D eigenvalue weighted by atomic mass is 10.1. The second-order valence-corrected chi connectivity index (χ2v) is 5.97. The summed E-state index contributed by atoms with van der Waals surface area (Å²) in [6.45, 7) is 1.74. The van der Waals surface area contributed by atoms with Gasteiger partial charge in [-0.2, -0.15) is 0 Å². The molecule has 0 amide bonds. The molecule has 2 N–H and O–H groups in total. The third-order valence-electron chi connectivity index (χ3n) is 4.37. The van der Waals surface area contributed by atoms with Gasteiger partial charge in [-0.1, -0.05) is 23.4 Å². The van der Waals surface area contributed by atoms with Crippen LogP contribution in [0.15, 0.2) is 77.1 Å². The largest absolute Gasteiger partial charge is 0.411 e. The molecule has 4 rings (SSSR count). The summed E-state index contributed by atoms with van der Waals surface area (Å²) >= 11 is 0. The Morgan fingerprint density at radius 3 is 2.85 bits per heavy atom. The van der Waals surface area contributed by atoms with Gasteiger partial charge in [0.1, 0.15) is 6.33 Å². The van der Waals surface area contributed by atoms with Crippen LogP contribution in [0.2, 0.25) is 0 Å². The minimum absolute atomic E-state index is 0.122. The molecule has 6 heteroatoms. The Kier molecular flexibility index (Phi) is 3.85. The number of nitrogens with one attached hydrogen (secondary N) is 1. The molecule has 0 atom stereocenters. The van der Waals surface area contributed by atoms with Crippen LogP contribution in [0.1, 0.15) is 12.5 Å². The molecule has 2 heterocycles. The van der Waals surface area contributed by atoms with Gasteiger partial charge in [-0.15, -0.1) is 0 Å². The zero-order valence-corrected chi connectivity index (χ0v) is 14.0. The first-order valence-electron chi connectivity index (χ1n) is 8.12. The highest BCUT2D eigenvalue weighted by Crippen LogP contribution is 2.23. The molecule has 26 heavy (non-hydrogen) atoms. The van der Waals surface area contributed by atoms with Crippen molar-refractivity contribution in [3.05, 3.63) is 83.0 Å². The average molecular weight is 344 g/mol. The molecule has 2 aromatic heterocycles. The number of pyridine rings is 1. The topological polar surface area (TPSA) is 83.3 Å². The number of aromatic nitrogens is 3. The maximum absolute atomic E-state index is 12.1. The Labute approximate surface area is 149 Å². The van der Waals surface area contributed by atoms with Crippen molar-refractivity contribution in [3.63, 3.8) is 0 Å². The molecule has 6 nitrogen and oxygen atoms in total. The van der Waals surface area contributed by atoms with E-state index in [0.717, 1.165) is 27.8 Å². The minimum Gasteiger partial charge on any atom is -0.411 e. The molecule has 0 fully saturated rings. The number of benzene rings is 2. The number of hydrogen-bond donors (Lipinski definition) is 2. The van der Waals surface area contributed by atoms with Gasteiger partial charge in [0.15, 0.2) is 0 Å². The molecule has 2 aromatic carbocycles. The zero-order valence-electron chi connectivity index (χ0n) is 14.0. The fourth-order valence-corrected chi connectivity index (χ4v) is 2.97. The highest BCUT2D eigenvalue weighted by Gasteiger charge is 2.09. The lowest BCUT2D eigenvalue weighted by Gasteiger charge is -2.07. The summed E-state index contributed by atoms with van der Waals surface area (Å²) in [6, 6.07) is 17.1. The molecular formula is C20H16N4O2. The van der Waals surface area contributed by atoms with E-state index in [1.54, 1.807) is 25.5 Å². The van der Waals surface area contributed by atoms with E-state index in [4.69, 9.17) is 5.21 Å². The van der Waals surface area contributed by atoms with Crippen LogP contribution in [0.5, 0.6) is 0 Å². The molecule has 0 unspecified atom stereocenters. The molecular weight excluding hydrogens is 328 g/mol. The summed E-state index contributed by atoms with van der Waals surface area (Å²) in [5.74, 6) is 0. The first-order valence-corrected chi connectivity index (χ1v) is 8.12. The minimum atomic E-state index is -0.122. The molecule has 0 aliphatic rings. The zero-order chi connectivity index (χ0) is 18.1. The number of aromatic amines is 1. The number of rotatable bonds is 3. The van der Waals surface area contributed by atoms with E-state index >= 15 is 0 Å². The van der Waals surface area contributed by atoms with Gasteiger partial charge in [0.05, 0.1) is 16.7 Å². The third kappa shape index (κ3) is 2.67. The molecule has 4 aromatic rings. The summed E-state index contributed by atoms with van der Waals surface area (Å²) < 4.78 is 1.96. The third-order valence-corrected chi connectivity index (χ3v) is 4.37. The van der Waals surface area contributed by atoms with Crippen LogP contribution in [0.25, 0.3) is 27.8 Å². The quantitative estimate of drug-likeness (QED) is 0.338. The summed E-state index contributed by atoms with van der Waals surface area (Å²) in [7, 11) is 0. The van der Waals surface area contributed by atoms with Crippen molar-refractivity contribution in [2.45, 2.75) is 6.92 Å². The predicted molar refractivity (Wildman–Crippen MR) is 101 cm³/mol. The first-order chi connectivity index (χ1) is 12.7. The number of nitrogens with zero attached hydrogens (tertiary/aromatic N) is 3. The lowest BCUT2D eigenvalue weighted by molar-refractivity contribution is 0.319. The van der Waals surface area contributed by atoms with Crippen LogP contribution in [0.4, 0.5) is 0 Å². The molecule has 0 saturated carbocycles. The van der Waals surface area contributed by atoms with E-state index in [2.05, 4.69) is 15.1 Å². The van der Waals surface area contributed by atoms with Gasteiger partial charge in [0.2, 0.25) is 0 Å². The standard InChI is InChI=1S/C20H16N4O2/c1-13(23-26)14-7-8-19-18(11-14)22-12-24(19)16-5-2-4-15(10-16)17-6-3-9-21-20(17)25/h2-12,26H,1H3,(H,21,25)/b23-13+. The number of fused-ring (bicyclic) bond motifs is 1. The van der Waals surface area contributed by atoms with Crippen LogP contribution in [0, 0.1) is 0 Å². The Balaban J connectivity index is 1.83. The Hall–Kier alpha value is -3.67. The SMILES string of the molecule is C/C(=N\O)c1ccc2c(c1)ncn2-c1cccc(-c2ccc[nH]c2=O)c1. The van der Waals surface area contributed by atoms with E-state index in [1.165, 1.54) is 0 Å². The van der Waals surface area contributed by atoms with Crippen molar-refractivity contribution in [2.75, 3.05) is 0 Å². The van der Waals surface area contributed by atoms with Gasteiger partial charge in [0.25, 0.3) is 5.56 Å². The van der Waals surface area contributed by atoms with E-state index in [9.17, 15) is 4.79 Å². The molecule has 0 aliphatic heterocycles. The normalized spacial score (nSPS) is 11.8. The highest BCUT2D eigenvalue weighted by molar-refractivity contribution is 6.00. The summed E-state index contributed by atoms with van der Waals surface area (Å²) in [5, 5.41) is 12.2. The molecule has 0 radical (unpaired) electrons. The van der Waals surface area contributed by atoms with Crippen molar-refractivity contribution < 1.29 is 5.21 Å². The van der Waals surface area contributed by atoms with Gasteiger partial charge >= 0.3 is 0 Å². The Bertz CT molecular complexity index is 1190. The average Bonchev–Trinajstić information content (AvgIpc) is 3.11. The highest BCUT2D eigenvalue weighted by atomic mass is 16.4. The number of H-pyrrole nitrogens is 1. The van der Waals surface area contributed by atoms with Crippen LogP contribution in [-0.2, 0) is 0 Å². The van der Waals surface area contributed by atoms with Crippen LogP contribution in [0.3, 0.4) is 0 Å². The van der Waals surface area contributed by atoms with E-state index in [1.807, 2.05) is 53.1 Å². The first kappa shape index (κ1) is 15.8. The Morgan fingerprint density at radius 1 is 1.15 bits per heavy atom. The van der Waals surface area contributed by atoms with Gasteiger partial charge in [-0.05, 0) is 48.9 Å². The van der Waals surface area contributed by atoms with Crippen molar-refractivity contribution in [2.24, 2.45) is 5.16 Å². The lowest BCUT2D eigenvalue weighted by Crippen LogP contribution is -2.07. The van der Waals surface area contributed by atoms with Crippen molar-refractivity contribution >= 4 is 16.7 Å². The molecule has 128 valence electrons. The second kappa shape index (κ2) is 6.33. The van der Waals surface area contributed by atoms with Crippen LogP contribution >= 0.6 is 0 Å². The smallest absolute Gasteiger partial charge is 0.255 e. The summed E-state index contributed by atoms with van der Waals surface area (Å²) in [6.07, 6.45) is 3.36. The molecule has 0 aliphatic carbocycles. The number of oxime groups is 1. The van der Waals surface area contributed by atoms with Gasteiger partial charge in [-0.25, -0.2) is 4.98 Å². The second-order valence-electron chi connectivity index (χ2n) is 5.97. The van der Waals surface area contributed by atoms with E-state index in [0.29, 0.717) is 11.3 Å².